The van der Waals surface area contributed by atoms with Crippen LogP contribution in [0.1, 0.15) is 16.1 Å². The van der Waals surface area contributed by atoms with Crippen molar-refractivity contribution in [2.45, 2.75) is 6.42 Å². The van der Waals surface area contributed by atoms with Crippen molar-refractivity contribution in [3.63, 3.8) is 0 Å². The van der Waals surface area contributed by atoms with Gasteiger partial charge in [0.1, 0.15) is 5.69 Å². The Bertz CT molecular complexity index is 596. The van der Waals surface area contributed by atoms with Gasteiger partial charge in [0.25, 0.3) is 5.91 Å². The molecule has 0 spiro atoms. The van der Waals surface area contributed by atoms with E-state index in [0.717, 1.165) is 5.56 Å². The van der Waals surface area contributed by atoms with Gasteiger partial charge in [0.2, 0.25) is 5.91 Å². The van der Waals surface area contributed by atoms with Crippen LogP contribution >= 0.6 is 0 Å². The molecule has 0 atom stereocenters. The van der Waals surface area contributed by atoms with Gasteiger partial charge >= 0.3 is 0 Å². The van der Waals surface area contributed by atoms with E-state index < -0.39 is 0 Å². The number of rotatable bonds is 4. The molecule has 1 aromatic heterocycles. The van der Waals surface area contributed by atoms with Crippen molar-refractivity contribution in [3.8, 4) is 0 Å². The van der Waals surface area contributed by atoms with Crippen LogP contribution < -0.4 is 10.6 Å². The molecule has 0 radical (unpaired) electrons. The molecule has 0 saturated carbocycles. The molecule has 1 heterocycles. The quantitative estimate of drug-likeness (QED) is 0.868. The molecule has 0 aliphatic heterocycles. The first-order valence-corrected chi connectivity index (χ1v) is 6.06. The van der Waals surface area contributed by atoms with Gasteiger partial charge in [-0.2, -0.15) is 0 Å². The van der Waals surface area contributed by atoms with Crippen molar-refractivity contribution in [2.75, 3.05) is 12.4 Å². The third kappa shape index (κ3) is 3.61. The number of likely N-dealkylation sites (N-methyl/N-ethyl adjacent to an activating group) is 1. The lowest BCUT2D eigenvalue weighted by molar-refractivity contribution is -0.119. The largest absolute Gasteiger partial charge is 0.359 e. The summed E-state index contributed by atoms with van der Waals surface area (Å²) in [7, 11) is 1.60. The van der Waals surface area contributed by atoms with Gasteiger partial charge in [-0.05, 0) is 17.7 Å². The van der Waals surface area contributed by atoms with E-state index in [1.807, 2.05) is 0 Å². The summed E-state index contributed by atoms with van der Waals surface area (Å²) in [5, 5.41) is 5.27. The van der Waals surface area contributed by atoms with Crippen LogP contribution in [0.25, 0.3) is 0 Å². The van der Waals surface area contributed by atoms with Crippen LogP contribution in [0.5, 0.6) is 0 Å². The number of anilines is 1. The van der Waals surface area contributed by atoms with Crippen molar-refractivity contribution in [2.24, 2.45) is 0 Å². The summed E-state index contributed by atoms with van der Waals surface area (Å²) < 4.78 is 0. The molecular formula is C14H14N4O2. The first-order valence-electron chi connectivity index (χ1n) is 6.06. The van der Waals surface area contributed by atoms with Crippen molar-refractivity contribution in [3.05, 3.63) is 54.1 Å². The second kappa shape index (κ2) is 6.42. The van der Waals surface area contributed by atoms with Crippen LogP contribution in [-0.4, -0.2) is 28.8 Å². The zero-order valence-corrected chi connectivity index (χ0v) is 11.0. The van der Waals surface area contributed by atoms with Crippen LogP contribution in [0, 0.1) is 0 Å². The highest BCUT2D eigenvalue weighted by Crippen LogP contribution is 2.11. The zero-order chi connectivity index (χ0) is 14.4. The lowest BCUT2D eigenvalue weighted by Gasteiger charge is -2.05. The highest BCUT2D eigenvalue weighted by Gasteiger charge is 2.07. The Morgan fingerprint density at radius 1 is 1.15 bits per heavy atom. The Balaban J connectivity index is 2.00. The lowest BCUT2D eigenvalue weighted by atomic mass is 10.1. The molecule has 0 unspecified atom stereocenters. The van der Waals surface area contributed by atoms with Gasteiger partial charge < -0.3 is 10.6 Å². The van der Waals surface area contributed by atoms with E-state index in [2.05, 4.69) is 20.6 Å². The molecule has 1 aromatic carbocycles. The SMILES string of the molecule is CNC(=O)Cc1ccc(NC(=O)c2cnccn2)cc1. The fraction of sp³-hybridized carbons (Fsp3) is 0.143. The highest BCUT2D eigenvalue weighted by molar-refractivity contribution is 6.02. The number of hydrogen-bond acceptors (Lipinski definition) is 4. The molecule has 2 rings (SSSR count). The smallest absolute Gasteiger partial charge is 0.275 e. The van der Waals surface area contributed by atoms with E-state index in [0.29, 0.717) is 12.1 Å². The van der Waals surface area contributed by atoms with Gasteiger partial charge in [0, 0.05) is 25.1 Å². The molecule has 20 heavy (non-hydrogen) atoms. The second-order valence-corrected chi connectivity index (χ2v) is 4.09. The predicted molar refractivity (Wildman–Crippen MR) is 74.2 cm³/mol. The maximum Gasteiger partial charge on any atom is 0.275 e. The number of nitrogens with one attached hydrogen (secondary N) is 2. The Hall–Kier alpha value is -2.76. The fourth-order valence-corrected chi connectivity index (χ4v) is 1.59. The van der Waals surface area contributed by atoms with Gasteiger partial charge in [-0.25, -0.2) is 4.98 Å². The number of amides is 2. The molecule has 2 aromatic rings. The standard InChI is InChI=1S/C14H14N4O2/c1-15-13(19)8-10-2-4-11(5-3-10)18-14(20)12-9-16-6-7-17-12/h2-7,9H,8H2,1H3,(H,15,19)(H,18,20). The minimum atomic E-state index is -0.322. The number of hydrogen-bond donors (Lipinski definition) is 2. The summed E-state index contributed by atoms with van der Waals surface area (Å²) in [6.07, 6.45) is 4.68. The fourth-order valence-electron chi connectivity index (χ4n) is 1.59. The third-order valence-corrected chi connectivity index (χ3v) is 2.65. The summed E-state index contributed by atoms with van der Waals surface area (Å²) >= 11 is 0. The van der Waals surface area contributed by atoms with E-state index in [4.69, 9.17) is 0 Å². The molecule has 0 saturated heterocycles. The van der Waals surface area contributed by atoms with Gasteiger partial charge in [-0.3, -0.25) is 14.6 Å². The van der Waals surface area contributed by atoms with Crippen LogP contribution in [0.3, 0.4) is 0 Å². The number of aromatic nitrogens is 2. The molecular weight excluding hydrogens is 256 g/mol. The second-order valence-electron chi connectivity index (χ2n) is 4.09. The van der Waals surface area contributed by atoms with Gasteiger partial charge in [-0.1, -0.05) is 12.1 Å². The van der Waals surface area contributed by atoms with Gasteiger partial charge in [0.15, 0.2) is 0 Å². The predicted octanol–water partition coefficient (Wildman–Crippen LogP) is 1.02. The zero-order valence-electron chi connectivity index (χ0n) is 11.0. The Morgan fingerprint density at radius 2 is 1.90 bits per heavy atom. The maximum atomic E-state index is 11.8. The van der Waals surface area contributed by atoms with E-state index in [1.54, 1.807) is 31.3 Å². The third-order valence-electron chi connectivity index (χ3n) is 2.65. The van der Waals surface area contributed by atoms with Crippen LogP contribution in [0.15, 0.2) is 42.9 Å². The summed E-state index contributed by atoms with van der Waals surface area (Å²) in [4.78, 5) is 30.8. The molecule has 2 N–H and O–H groups in total. The number of benzene rings is 1. The van der Waals surface area contributed by atoms with Crippen molar-refractivity contribution < 1.29 is 9.59 Å². The molecule has 0 bridgehead atoms. The average molecular weight is 270 g/mol. The topological polar surface area (TPSA) is 84.0 Å². The van der Waals surface area contributed by atoms with Crippen LogP contribution in [-0.2, 0) is 11.2 Å². The first-order chi connectivity index (χ1) is 9.69. The minimum absolute atomic E-state index is 0.0543. The number of nitrogens with zero attached hydrogens (tertiary/aromatic N) is 2. The molecule has 0 fully saturated rings. The molecule has 2 amide bonds. The molecule has 6 heteroatoms. The minimum Gasteiger partial charge on any atom is -0.359 e. The van der Waals surface area contributed by atoms with E-state index in [-0.39, 0.29) is 17.5 Å². The van der Waals surface area contributed by atoms with Gasteiger partial charge in [-0.15, -0.1) is 0 Å². The van der Waals surface area contributed by atoms with E-state index in [9.17, 15) is 9.59 Å². The maximum absolute atomic E-state index is 11.8. The molecule has 0 aliphatic carbocycles. The van der Waals surface area contributed by atoms with Gasteiger partial charge in [0.05, 0.1) is 12.6 Å². The summed E-state index contributed by atoms with van der Waals surface area (Å²) in [6.45, 7) is 0. The van der Waals surface area contributed by atoms with Crippen molar-refractivity contribution in [1.29, 1.82) is 0 Å². The molecule has 102 valence electrons. The number of carbonyl (C=O) groups excluding carboxylic acids is 2. The Kier molecular flexibility index (Phi) is 4.39. The Morgan fingerprint density at radius 3 is 2.50 bits per heavy atom. The summed E-state index contributed by atoms with van der Waals surface area (Å²) in [6, 6.07) is 7.07. The summed E-state index contributed by atoms with van der Waals surface area (Å²) in [5.74, 6) is -0.376. The van der Waals surface area contributed by atoms with Crippen LogP contribution in [0.2, 0.25) is 0 Å². The molecule has 6 nitrogen and oxygen atoms in total. The average Bonchev–Trinajstić information content (AvgIpc) is 2.50. The normalized spacial score (nSPS) is 9.85. The lowest BCUT2D eigenvalue weighted by Crippen LogP contribution is -2.19. The van der Waals surface area contributed by atoms with Crippen molar-refractivity contribution in [1.82, 2.24) is 15.3 Å². The van der Waals surface area contributed by atoms with Crippen molar-refractivity contribution >= 4 is 17.5 Å². The first kappa shape index (κ1) is 13.7. The van der Waals surface area contributed by atoms with E-state index in [1.165, 1.54) is 18.6 Å². The van der Waals surface area contributed by atoms with Crippen LogP contribution in [0.4, 0.5) is 5.69 Å². The van der Waals surface area contributed by atoms with E-state index >= 15 is 0 Å². The Labute approximate surface area is 116 Å². The highest BCUT2D eigenvalue weighted by atomic mass is 16.2. The molecule has 0 aliphatic rings. The number of carbonyl (C=O) groups is 2. The monoisotopic (exact) mass is 270 g/mol. The summed E-state index contributed by atoms with van der Waals surface area (Å²) in [5.41, 5.74) is 1.77.